The molecule has 1 heterocycles. The van der Waals surface area contributed by atoms with E-state index >= 15 is 0 Å². The van der Waals surface area contributed by atoms with Crippen molar-refractivity contribution in [1.29, 1.82) is 0 Å². The predicted octanol–water partition coefficient (Wildman–Crippen LogP) is -0.0639. The molecule has 0 unspecified atom stereocenters. The number of hydrogen-bond donors (Lipinski definition) is 2. The molecule has 5 heteroatoms. The lowest BCUT2D eigenvalue weighted by Gasteiger charge is -1.99. The molecule has 0 bridgehead atoms. The molecule has 0 aromatic carbocycles. The van der Waals surface area contributed by atoms with Gasteiger partial charge in [0.2, 0.25) is 0 Å². The molecule has 0 aliphatic rings. The van der Waals surface area contributed by atoms with Gasteiger partial charge in [-0.3, -0.25) is 0 Å². The molecule has 2 N–H and O–H groups in total. The summed E-state index contributed by atoms with van der Waals surface area (Å²) in [5.41, 5.74) is 1.97. The van der Waals surface area contributed by atoms with Crippen molar-refractivity contribution in [1.82, 2.24) is 20.3 Å². The molecule has 0 aliphatic heterocycles. The Labute approximate surface area is 83.4 Å². The maximum atomic E-state index is 8.66. The number of hydrogen-bond acceptors (Lipinski definition) is 4. The van der Waals surface area contributed by atoms with E-state index in [1.807, 2.05) is 13.1 Å². The van der Waals surface area contributed by atoms with Crippen molar-refractivity contribution in [2.45, 2.75) is 20.0 Å². The van der Waals surface area contributed by atoms with Gasteiger partial charge in [0.25, 0.3) is 0 Å². The molecule has 0 atom stereocenters. The van der Waals surface area contributed by atoms with Crippen molar-refractivity contribution in [3.8, 4) is 0 Å². The molecule has 0 radical (unpaired) electrons. The smallest absolute Gasteiger partial charge is 0.0964 e. The van der Waals surface area contributed by atoms with Gasteiger partial charge in [0.1, 0.15) is 0 Å². The van der Waals surface area contributed by atoms with Gasteiger partial charge in [-0.25, -0.2) is 4.68 Å². The molecule has 5 nitrogen and oxygen atoms in total. The fourth-order valence-electron chi connectivity index (χ4n) is 1.04. The van der Waals surface area contributed by atoms with E-state index < -0.39 is 0 Å². The Morgan fingerprint density at radius 2 is 2.50 bits per heavy atom. The highest BCUT2D eigenvalue weighted by molar-refractivity contribution is 4.95. The molecule has 0 spiro atoms. The third-order valence-corrected chi connectivity index (χ3v) is 1.65. The molecule has 14 heavy (non-hydrogen) atoms. The van der Waals surface area contributed by atoms with E-state index in [1.165, 1.54) is 0 Å². The number of nitrogens with zero attached hydrogens (tertiary/aromatic N) is 3. The third kappa shape index (κ3) is 3.68. The minimum atomic E-state index is 0.0853. The first-order chi connectivity index (χ1) is 6.72. The highest BCUT2D eigenvalue weighted by Crippen LogP contribution is 1.92. The van der Waals surface area contributed by atoms with Crippen LogP contribution < -0.4 is 5.32 Å². The van der Waals surface area contributed by atoms with Gasteiger partial charge in [-0.1, -0.05) is 17.4 Å². The lowest BCUT2D eigenvalue weighted by Crippen LogP contribution is -2.15. The summed E-state index contributed by atoms with van der Waals surface area (Å²) in [6.45, 7) is 7.79. The summed E-state index contributed by atoms with van der Waals surface area (Å²) in [6.07, 6.45) is 1.82. The monoisotopic (exact) mass is 196 g/mol. The van der Waals surface area contributed by atoms with Crippen LogP contribution in [-0.2, 0) is 13.1 Å². The van der Waals surface area contributed by atoms with Crippen molar-refractivity contribution in [3.05, 3.63) is 24.0 Å². The zero-order valence-corrected chi connectivity index (χ0v) is 8.40. The largest absolute Gasteiger partial charge is 0.394 e. The highest BCUT2D eigenvalue weighted by atomic mass is 16.3. The van der Waals surface area contributed by atoms with E-state index in [1.54, 1.807) is 4.68 Å². The van der Waals surface area contributed by atoms with E-state index in [0.717, 1.165) is 17.8 Å². The topological polar surface area (TPSA) is 63.0 Å². The van der Waals surface area contributed by atoms with E-state index in [4.69, 9.17) is 5.11 Å². The second kappa shape index (κ2) is 5.51. The second-order valence-electron chi connectivity index (χ2n) is 3.26. The molecule has 0 saturated heterocycles. The number of nitrogens with one attached hydrogen (secondary N) is 1. The normalized spacial score (nSPS) is 10.4. The Hall–Kier alpha value is -1.20. The Bertz CT molecular complexity index is 295. The Kier molecular flexibility index (Phi) is 4.28. The summed E-state index contributed by atoms with van der Waals surface area (Å²) in [4.78, 5) is 0. The first-order valence-corrected chi connectivity index (χ1v) is 4.57. The molecular formula is C9H16N4O. The molecule has 0 aliphatic carbocycles. The summed E-state index contributed by atoms with van der Waals surface area (Å²) < 4.78 is 1.62. The molecule has 0 saturated carbocycles. The molecule has 78 valence electrons. The summed E-state index contributed by atoms with van der Waals surface area (Å²) in [5.74, 6) is 0. The quantitative estimate of drug-likeness (QED) is 0.625. The molecule has 0 fully saturated rings. The van der Waals surface area contributed by atoms with Gasteiger partial charge in [0.05, 0.1) is 18.8 Å². The number of rotatable bonds is 6. The van der Waals surface area contributed by atoms with Crippen LogP contribution in [0.3, 0.4) is 0 Å². The van der Waals surface area contributed by atoms with Crippen molar-refractivity contribution >= 4 is 0 Å². The standard InChI is InChI=1S/C9H16N4O/c1-8(2)5-10-6-9-7-13(3-4-14)12-11-9/h7,10,14H,1,3-6H2,2H3. The van der Waals surface area contributed by atoms with Crippen LogP contribution in [0.2, 0.25) is 0 Å². The van der Waals surface area contributed by atoms with Crippen molar-refractivity contribution < 1.29 is 5.11 Å². The molecule has 0 amide bonds. The minimum absolute atomic E-state index is 0.0853. The summed E-state index contributed by atoms with van der Waals surface area (Å²) in [6, 6.07) is 0. The van der Waals surface area contributed by atoms with Crippen LogP contribution in [0.1, 0.15) is 12.6 Å². The Morgan fingerprint density at radius 3 is 3.14 bits per heavy atom. The Balaban J connectivity index is 2.32. The third-order valence-electron chi connectivity index (χ3n) is 1.65. The number of aliphatic hydroxyl groups is 1. The van der Waals surface area contributed by atoms with Crippen LogP contribution in [0.25, 0.3) is 0 Å². The van der Waals surface area contributed by atoms with E-state index in [-0.39, 0.29) is 6.61 Å². The van der Waals surface area contributed by atoms with Crippen molar-refractivity contribution in [2.24, 2.45) is 0 Å². The molecule has 1 aromatic heterocycles. The fraction of sp³-hybridized carbons (Fsp3) is 0.556. The first-order valence-electron chi connectivity index (χ1n) is 4.57. The zero-order chi connectivity index (χ0) is 10.4. The first kappa shape index (κ1) is 10.9. The van der Waals surface area contributed by atoms with Crippen LogP contribution in [0.15, 0.2) is 18.3 Å². The zero-order valence-electron chi connectivity index (χ0n) is 8.40. The predicted molar refractivity (Wildman–Crippen MR) is 53.6 cm³/mol. The van der Waals surface area contributed by atoms with Gasteiger partial charge in [0, 0.05) is 19.3 Å². The fourth-order valence-corrected chi connectivity index (χ4v) is 1.04. The Morgan fingerprint density at radius 1 is 1.71 bits per heavy atom. The highest BCUT2D eigenvalue weighted by Gasteiger charge is 1.98. The van der Waals surface area contributed by atoms with Crippen molar-refractivity contribution in [2.75, 3.05) is 13.2 Å². The van der Waals surface area contributed by atoms with E-state index in [9.17, 15) is 0 Å². The number of aromatic nitrogens is 3. The van der Waals surface area contributed by atoms with Crippen LogP contribution in [0.5, 0.6) is 0 Å². The van der Waals surface area contributed by atoms with Gasteiger partial charge in [-0.2, -0.15) is 0 Å². The maximum absolute atomic E-state index is 8.66. The summed E-state index contributed by atoms with van der Waals surface area (Å²) in [5, 5.41) is 19.6. The van der Waals surface area contributed by atoms with Gasteiger partial charge in [-0.05, 0) is 6.92 Å². The van der Waals surface area contributed by atoms with Gasteiger partial charge in [0.15, 0.2) is 0 Å². The second-order valence-corrected chi connectivity index (χ2v) is 3.26. The van der Waals surface area contributed by atoms with Gasteiger partial charge >= 0.3 is 0 Å². The van der Waals surface area contributed by atoms with E-state index in [2.05, 4.69) is 22.2 Å². The average molecular weight is 196 g/mol. The molecule has 1 rings (SSSR count). The van der Waals surface area contributed by atoms with Crippen LogP contribution in [-0.4, -0.2) is 33.3 Å². The maximum Gasteiger partial charge on any atom is 0.0964 e. The lowest BCUT2D eigenvalue weighted by molar-refractivity contribution is 0.268. The van der Waals surface area contributed by atoms with Gasteiger partial charge < -0.3 is 10.4 Å². The average Bonchev–Trinajstić information content (AvgIpc) is 2.53. The van der Waals surface area contributed by atoms with Gasteiger partial charge in [-0.15, -0.1) is 5.10 Å². The van der Waals surface area contributed by atoms with Crippen LogP contribution in [0.4, 0.5) is 0 Å². The number of aliphatic hydroxyl groups excluding tert-OH is 1. The molecular weight excluding hydrogens is 180 g/mol. The van der Waals surface area contributed by atoms with Crippen LogP contribution in [0, 0.1) is 0 Å². The van der Waals surface area contributed by atoms with E-state index in [0.29, 0.717) is 13.1 Å². The minimum Gasteiger partial charge on any atom is -0.394 e. The SMILES string of the molecule is C=C(C)CNCc1cn(CCO)nn1. The molecule has 1 aromatic rings. The van der Waals surface area contributed by atoms with Crippen LogP contribution >= 0.6 is 0 Å². The summed E-state index contributed by atoms with van der Waals surface area (Å²) >= 11 is 0. The lowest BCUT2D eigenvalue weighted by atomic mass is 10.3. The summed E-state index contributed by atoms with van der Waals surface area (Å²) in [7, 11) is 0. The van der Waals surface area contributed by atoms with Crippen molar-refractivity contribution in [3.63, 3.8) is 0 Å².